The summed E-state index contributed by atoms with van der Waals surface area (Å²) in [6, 6.07) is 7.07. The summed E-state index contributed by atoms with van der Waals surface area (Å²) in [5.74, 6) is -1.88. The van der Waals surface area contributed by atoms with E-state index in [2.05, 4.69) is 0 Å². The lowest BCUT2D eigenvalue weighted by Gasteiger charge is -2.29. The van der Waals surface area contributed by atoms with E-state index in [1.165, 1.54) is 19.9 Å². The molecule has 0 radical (unpaired) electrons. The molecule has 1 heterocycles. The van der Waals surface area contributed by atoms with Gasteiger partial charge in [0.05, 0.1) is 0 Å². The van der Waals surface area contributed by atoms with Crippen molar-refractivity contribution in [1.82, 2.24) is 0 Å². The number of carbonyl (C=O) groups is 2. The maximum absolute atomic E-state index is 11.9. The van der Waals surface area contributed by atoms with Crippen LogP contribution in [0, 0.1) is 0 Å². The summed E-state index contributed by atoms with van der Waals surface area (Å²) in [6.07, 6.45) is 1.45. The van der Waals surface area contributed by atoms with Crippen LogP contribution in [0.25, 0.3) is 6.08 Å². The molecule has 1 aliphatic heterocycles. The SMILES string of the molecule is CC(C)(C)Oc1ccc(C=C2C(=O)OC(C)(C)OC2=O)cc1. The summed E-state index contributed by atoms with van der Waals surface area (Å²) < 4.78 is 15.8. The van der Waals surface area contributed by atoms with Gasteiger partial charge >= 0.3 is 11.9 Å². The molecule has 0 spiro atoms. The molecule has 1 aliphatic rings. The molecule has 1 aromatic rings. The third kappa shape index (κ3) is 4.10. The fraction of sp³-hybridized carbons (Fsp3) is 0.412. The summed E-state index contributed by atoms with van der Waals surface area (Å²) in [4.78, 5) is 23.7. The van der Waals surface area contributed by atoms with Crippen LogP contribution in [0.4, 0.5) is 0 Å². The number of carbonyl (C=O) groups excluding carboxylic acids is 2. The van der Waals surface area contributed by atoms with Crippen LogP contribution in [0.5, 0.6) is 5.75 Å². The minimum absolute atomic E-state index is 0.121. The standard InChI is InChI=1S/C17H20O5/c1-16(2,3)20-12-8-6-11(7-9-12)10-13-14(18)21-17(4,5)22-15(13)19/h6-10H,1-5H3. The van der Waals surface area contributed by atoms with Gasteiger partial charge in [-0.3, -0.25) is 0 Å². The molecule has 0 aliphatic carbocycles. The number of cyclic esters (lactones) is 2. The summed E-state index contributed by atoms with van der Waals surface area (Å²) in [7, 11) is 0. The Bertz CT molecular complexity index is 595. The minimum Gasteiger partial charge on any atom is -0.488 e. The van der Waals surface area contributed by atoms with Crippen LogP contribution in [0.3, 0.4) is 0 Å². The number of rotatable bonds is 2. The van der Waals surface area contributed by atoms with Gasteiger partial charge in [0.25, 0.3) is 5.79 Å². The Morgan fingerprint density at radius 2 is 1.50 bits per heavy atom. The average Bonchev–Trinajstić information content (AvgIpc) is 2.33. The molecular formula is C17H20O5. The third-order valence-corrected chi connectivity index (χ3v) is 2.73. The lowest BCUT2D eigenvalue weighted by Crippen LogP contribution is -2.41. The first-order valence-electron chi connectivity index (χ1n) is 7.03. The fourth-order valence-corrected chi connectivity index (χ4v) is 1.93. The van der Waals surface area contributed by atoms with Gasteiger partial charge in [-0.2, -0.15) is 0 Å². The van der Waals surface area contributed by atoms with E-state index >= 15 is 0 Å². The van der Waals surface area contributed by atoms with Crippen molar-refractivity contribution in [3.05, 3.63) is 35.4 Å². The van der Waals surface area contributed by atoms with Crippen molar-refractivity contribution in [3.8, 4) is 5.75 Å². The molecule has 5 nitrogen and oxygen atoms in total. The van der Waals surface area contributed by atoms with Crippen LogP contribution in [0.15, 0.2) is 29.8 Å². The van der Waals surface area contributed by atoms with E-state index in [1.807, 2.05) is 20.8 Å². The average molecular weight is 304 g/mol. The van der Waals surface area contributed by atoms with Gasteiger partial charge in [-0.15, -0.1) is 0 Å². The van der Waals surface area contributed by atoms with E-state index in [-0.39, 0.29) is 11.2 Å². The summed E-state index contributed by atoms with van der Waals surface area (Å²) in [5, 5.41) is 0. The monoisotopic (exact) mass is 304 g/mol. The van der Waals surface area contributed by atoms with E-state index in [4.69, 9.17) is 14.2 Å². The highest BCUT2D eigenvalue weighted by Gasteiger charge is 2.38. The van der Waals surface area contributed by atoms with Crippen LogP contribution >= 0.6 is 0 Å². The van der Waals surface area contributed by atoms with Crippen molar-refractivity contribution < 1.29 is 23.8 Å². The van der Waals surface area contributed by atoms with Crippen molar-refractivity contribution in [3.63, 3.8) is 0 Å². The lowest BCUT2D eigenvalue weighted by atomic mass is 10.1. The van der Waals surface area contributed by atoms with Gasteiger partial charge in [-0.25, -0.2) is 9.59 Å². The molecule has 1 saturated heterocycles. The molecule has 0 N–H and O–H groups in total. The Labute approximate surface area is 129 Å². The Hall–Kier alpha value is -2.30. The Kier molecular flexibility index (Phi) is 4.00. The largest absolute Gasteiger partial charge is 0.488 e. The number of esters is 2. The molecule has 2 rings (SSSR count). The predicted octanol–water partition coefficient (Wildman–Crippen LogP) is 3.08. The van der Waals surface area contributed by atoms with Crippen LogP contribution in [0.1, 0.15) is 40.2 Å². The molecule has 0 amide bonds. The summed E-state index contributed by atoms with van der Waals surface area (Å²) >= 11 is 0. The molecular weight excluding hydrogens is 284 g/mol. The molecule has 118 valence electrons. The van der Waals surface area contributed by atoms with Gasteiger partial charge in [0.15, 0.2) is 0 Å². The number of hydrogen-bond acceptors (Lipinski definition) is 5. The molecule has 22 heavy (non-hydrogen) atoms. The molecule has 0 bridgehead atoms. The highest BCUT2D eigenvalue weighted by atomic mass is 16.7. The molecule has 1 aromatic carbocycles. The Morgan fingerprint density at radius 3 is 1.95 bits per heavy atom. The highest BCUT2D eigenvalue weighted by Crippen LogP contribution is 2.25. The number of ether oxygens (including phenoxy) is 3. The van der Waals surface area contributed by atoms with Crippen LogP contribution in [-0.2, 0) is 19.1 Å². The maximum Gasteiger partial charge on any atom is 0.348 e. The van der Waals surface area contributed by atoms with E-state index in [0.717, 1.165) is 0 Å². The summed E-state index contributed by atoms with van der Waals surface area (Å²) in [5.41, 5.74) is 0.274. The maximum atomic E-state index is 11.9. The van der Waals surface area contributed by atoms with Gasteiger partial charge in [0.1, 0.15) is 16.9 Å². The van der Waals surface area contributed by atoms with Crippen molar-refractivity contribution in [2.75, 3.05) is 0 Å². The molecule has 0 saturated carbocycles. The Morgan fingerprint density at radius 1 is 1.00 bits per heavy atom. The first-order valence-corrected chi connectivity index (χ1v) is 7.03. The van der Waals surface area contributed by atoms with Gasteiger partial charge in [-0.1, -0.05) is 12.1 Å². The number of hydrogen-bond donors (Lipinski definition) is 0. The molecule has 5 heteroatoms. The fourth-order valence-electron chi connectivity index (χ4n) is 1.93. The lowest BCUT2D eigenvalue weighted by molar-refractivity contribution is -0.222. The molecule has 0 atom stereocenters. The Balaban J connectivity index is 2.19. The zero-order chi connectivity index (χ0) is 16.5. The van der Waals surface area contributed by atoms with Crippen LogP contribution in [-0.4, -0.2) is 23.3 Å². The second-order valence-corrected chi connectivity index (χ2v) is 6.52. The van der Waals surface area contributed by atoms with Crippen molar-refractivity contribution >= 4 is 18.0 Å². The van der Waals surface area contributed by atoms with Crippen molar-refractivity contribution in [2.45, 2.75) is 46.0 Å². The topological polar surface area (TPSA) is 61.8 Å². The predicted molar refractivity (Wildman–Crippen MR) is 81.1 cm³/mol. The smallest absolute Gasteiger partial charge is 0.348 e. The second-order valence-electron chi connectivity index (χ2n) is 6.52. The minimum atomic E-state index is -1.23. The molecule has 1 fully saturated rings. The van der Waals surface area contributed by atoms with E-state index in [1.54, 1.807) is 24.3 Å². The van der Waals surface area contributed by atoms with Crippen LogP contribution in [0.2, 0.25) is 0 Å². The zero-order valence-corrected chi connectivity index (χ0v) is 13.4. The molecule has 0 aromatic heterocycles. The highest BCUT2D eigenvalue weighted by molar-refractivity contribution is 6.18. The third-order valence-electron chi connectivity index (χ3n) is 2.73. The van der Waals surface area contributed by atoms with E-state index in [9.17, 15) is 9.59 Å². The van der Waals surface area contributed by atoms with Crippen LogP contribution < -0.4 is 4.74 Å². The van der Waals surface area contributed by atoms with Gasteiger partial charge in [0, 0.05) is 13.8 Å². The van der Waals surface area contributed by atoms with E-state index in [0.29, 0.717) is 11.3 Å². The number of benzene rings is 1. The van der Waals surface area contributed by atoms with Gasteiger partial charge in [-0.05, 0) is 44.5 Å². The molecule has 0 unspecified atom stereocenters. The quantitative estimate of drug-likeness (QED) is 0.477. The normalized spacial score (nSPS) is 17.6. The summed E-state index contributed by atoms with van der Waals surface area (Å²) in [6.45, 7) is 8.90. The van der Waals surface area contributed by atoms with Gasteiger partial charge < -0.3 is 14.2 Å². The first kappa shape index (κ1) is 16.1. The second kappa shape index (κ2) is 5.48. The first-order chi connectivity index (χ1) is 10.1. The van der Waals surface area contributed by atoms with Crippen molar-refractivity contribution in [1.29, 1.82) is 0 Å². The van der Waals surface area contributed by atoms with E-state index < -0.39 is 17.7 Å². The zero-order valence-electron chi connectivity index (χ0n) is 13.4. The van der Waals surface area contributed by atoms with Crippen molar-refractivity contribution in [2.24, 2.45) is 0 Å². The van der Waals surface area contributed by atoms with Gasteiger partial charge in [0.2, 0.25) is 0 Å².